The third-order valence-corrected chi connectivity index (χ3v) is 5.66. The molecule has 1 saturated heterocycles. The third kappa shape index (κ3) is 3.12. The van der Waals surface area contributed by atoms with Gasteiger partial charge in [0.05, 0.1) is 10.6 Å². The van der Waals surface area contributed by atoms with Crippen LogP contribution in [0.3, 0.4) is 0 Å². The Hall–Kier alpha value is -2.40. The van der Waals surface area contributed by atoms with Crippen molar-refractivity contribution >= 4 is 17.2 Å². The minimum Gasteiger partial charge on any atom is -0.335 e. The van der Waals surface area contributed by atoms with Crippen LogP contribution in [0.15, 0.2) is 53.9 Å². The van der Waals surface area contributed by atoms with Crippen LogP contribution in [0.5, 0.6) is 0 Å². The van der Waals surface area contributed by atoms with Gasteiger partial charge >= 0.3 is 0 Å². The van der Waals surface area contributed by atoms with Crippen LogP contribution in [0, 0.1) is 0 Å². The van der Waals surface area contributed by atoms with Crippen molar-refractivity contribution in [3.05, 3.63) is 59.6 Å². The molecule has 1 aromatic carbocycles. The molecule has 0 bridgehead atoms. The Morgan fingerprint density at radius 3 is 2.72 bits per heavy atom. The number of carbonyl (C=O) groups is 1. The van der Waals surface area contributed by atoms with Crippen LogP contribution in [0.1, 0.15) is 36.7 Å². The first-order valence-corrected chi connectivity index (χ1v) is 9.62. The number of amides is 1. The summed E-state index contributed by atoms with van der Waals surface area (Å²) in [6.45, 7) is 2.97. The summed E-state index contributed by atoms with van der Waals surface area (Å²) in [6, 6.07) is 16.2. The van der Waals surface area contributed by atoms with Crippen molar-refractivity contribution < 1.29 is 4.79 Å². The van der Waals surface area contributed by atoms with Crippen LogP contribution in [-0.2, 0) is 0 Å². The number of likely N-dealkylation sites (tertiary alicyclic amines) is 1. The molecule has 0 radical (unpaired) electrons. The summed E-state index contributed by atoms with van der Waals surface area (Å²) >= 11 is 1.64. The van der Waals surface area contributed by atoms with Gasteiger partial charge in [-0.15, -0.1) is 11.3 Å². The van der Waals surface area contributed by atoms with Gasteiger partial charge in [-0.1, -0.05) is 24.3 Å². The standard InChI is InChI=1S/C20H21N3OS/c1-15-8-5-6-12-22(15)20(24)18-14-17(19-11-7-13-25-19)21-23(18)16-9-3-2-4-10-16/h2-4,7,9-11,13-15H,5-6,8,12H2,1H3/t15-/m0/s1. The molecule has 0 spiro atoms. The highest BCUT2D eigenvalue weighted by Gasteiger charge is 2.28. The van der Waals surface area contributed by atoms with E-state index in [9.17, 15) is 4.79 Å². The van der Waals surface area contributed by atoms with Crippen molar-refractivity contribution in [3.8, 4) is 16.3 Å². The highest BCUT2D eigenvalue weighted by molar-refractivity contribution is 7.13. The lowest BCUT2D eigenvalue weighted by Gasteiger charge is -2.33. The molecule has 1 fully saturated rings. The van der Waals surface area contributed by atoms with Crippen LogP contribution >= 0.6 is 11.3 Å². The van der Waals surface area contributed by atoms with E-state index >= 15 is 0 Å². The Balaban J connectivity index is 1.78. The minimum absolute atomic E-state index is 0.0753. The molecule has 2 aromatic heterocycles. The van der Waals surface area contributed by atoms with E-state index in [4.69, 9.17) is 5.10 Å². The Labute approximate surface area is 151 Å². The van der Waals surface area contributed by atoms with E-state index in [0.717, 1.165) is 35.6 Å². The van der Waals surface area contributed by atoms with Crippen molar-refractivity contribution in [2.24, 2.45) is 0 Å². The molecule has 128 valence electrons. The van der Waals surface area contributed by atoms with E-state index in [2.05, 4.69) is 6.92 Å². The Bertz CT molecular complexity index is 854. The number of thiophene rings is 1. The Morgan fingerprint density at radius 1 is 1.16 bits per heavy atom. The summed E-state index contributed by atoms with van der Waals surface area (Å²) in [5.41, 5.74) is 2.41. The first-order chi connectivity index (χ1) is 12.2. The van der Waals surface area contributed by atoms with E-state index < -0.39 is 0 Å². The summed E-state index contributed by atoms with van der Waals surface area (Å²) in [6.07, 6.45) is 3.35. The average molecular weight is 351 g/mol. The minimum atomic E-state index is 0.0753. The van der Waals surface area contributed by atoms with E-state index in [0.29, 0.717) is 5.69 Å². The number of benzene rings is 1. The second-order valence-electron chi connectivity index (χ2n) is 6.48. The van der Waals surface area contributed by atoms with Gasteiger partial charge < -0.3 is 4.90 Å². The topological polar surface area (TPSA) is 38.1 Å². The maximum atomic E-state index is 13.3. The van der Waals surface area contributed by atoms with E-state index in [1.54, 1.807) is 16.0 Å². The molecule has 0 saturated carbocycles. The maximum Gasteiger partial charge on any atom is 0.272 e. The first-order valence-electron chi connectivity index (χ1n) is 8.74. The summed E-state index contributed by atoms with van der Waals surface area (Å²) in [4.78, 5) is 16.3. The van der Waals surface area contributed by atoms with Crippen molar-refractivity contribution in [2.75, 3.05) is 6.54 Å². The number of hydrogen-bond donors (Lipinski definition) is 0. The summed E-state index contributed by atoms with van der Waals surface area (Å²) < 4.78 is 1.79. The van der Waals surface area contributed by atoms with E-state index in [1.165, 1.54) is 6.42 Å². The molecule has 0 unspecified atom stereocenters. The Morgan fingerprint density at radius 2 is 2.00 bits per heavy atom. The van der Waals surface area contributed by atoms with Crippen LogP contribution in [-0.4, -0.2) is 33.2 Å². The molecule has 4 rings (SSSR count). The molecule has 1 aliphatic rings. The molecule has 3 aromatic rings. The zero-order valence-corrected chi connectivity index (χ0v) is 15.1. The molecule has 5 heteroatoms. The van der Waals surface area contributed by atoms with Gasteiger partial charge in [-0.2, -0.15) is 5.10 Å². The number of carbonyl (C=O) groups excluding carboxylic acids is 1. The normalized spacial score (nSPS) is 17.6. The molecule has 1 amide bonds. The average Bonchev–Trinajstić information content (AvgIpc) is 3.32. The molecule has 0 aliphatic carbocycles. The largest absolute Gasteiger partial charge is 0.335 e. The third-order valence-electron chi connectivity index (χ3n) is 4.77. The zero-order chi connectivity index (χ0) is 17.2. The number of piperidine rings is 1. The van der Waals surface area contributed by atoms with Gasteiger partial charge in [0, 0.05) is 12.6 Å². The van der Waals surface area contributed by atoms with Crippen molar-refractivity contribution in [3.63, 3.8) is 0 Å². The van der Waals surface area contributed by atoms with Gasteiger partial charge in [-0.05, 0) is 55.8 Å². The van der Waals surface area contributed by atoms with Crippen molar-refractivity contribution in [1.82, 2.24) is 14.7 Å². The van der Waals surface area contributed by atoms with Crippen LogP contribution in [0.4, 0.5) is 0 Å². The van der Waals surface area contributed by atoms with Crippen LogP contribution in [0.2, 0.25) is 0 Å². The number of hydrogen-bond acceptors (Lipinski definition) is 3. The number of para-hydroxylation sites is 1. The van der Waals surface area contributed by atoms with Gasteiger partial charge in [0.15, 0.2) is 0 Å². The van der Waals surface area contributed by atoms with Crippen LogP contribution < -0.4 is 0 Å². The SMILES string of the molecule is C[C@H]1CCCCN1C(=O)c1cc(-c2cccs2)nn1-c1ccccc1. The number of aromatic nitrogens is 2. The predicted octanol–water partition coefficient (Wildman–Crippen LogP) is 4.62. The molecule has 3 heterocycles. The van der Waals surface area contributed by atoms with E-state index in [1.807, 2.05) is 58.8 Å². The lowest BCUT2D eigenvalue weighted by molar-refractivity contribution is 0.0626. The fraction of sp³-hybridized carbons (Fsp3) is 0.300. The lowest BCUT2D eigenvalue weighted by atomic mass is 10.0. The molecular formula is C20H21N3OS. The second-order valence-corrected chi connectivity index (χ2v) is 7.43. The lowest BCUT2D eigenvalue weighted by Crippen LogP contribution is -2.42. The molecular weight excluding hydrogens is 330 g/mol. The molecule has 4 nitrogen and oxygen atoms in total. The smallest absolute Gasteiger partial charge is 0.272 e. The van der Waals surface area contributed by atoms with Crippen LogP contribution in [0.25, 0.3) is 16.3 Å². The van der Waals surface area contributed by atoms with Crippen molar-refractivity contribution in [2.45, 2.75) is 32.2 Å². The van der Waals surface area contributed by atoms with Crippen molar-refractivity contribution in [1.29, 1.82) is 0 Å². The molecule has 0 N–H and O–H groups in total. The van der Waals surface area contributed by atoms with Gasteiger partial charge in [0.25, 0.3) is 5.91 Å². The quantitative estimate of drug-likeness (QED) is 0.691. The highest BCUT2D eigenvalue weighted by atomic mass is 32.1. The fourth-order valence-corrected chi connectivity index (χ4v) is 4.07. The summed E-state index contributed by atoms with van der Waals surface area (Å²) in [5.74, 6) is 0.0753. The van der Waals surface area contributed by atoms with Gasteiger partial charge in [0.2, 0.25) is 0 Å². The summed E-state index contributed by atoms with van der Waals surface area (Å²) in [5, 5.41) is 6.78. The van der Waals surface area contributed by atoms with Gasteiger partial charge in [-0.3, -0.25) is 4.79 Å². The molecule has 25 heavy (non-hydrogen) atoms. The fourth-order valence-electron chi connectivity index (χ4n) is 3.39. The maximum absolute atomic E-state index is 13.3. The number of nitrogens with zero attached hydrogens (tertiary/aromatic N) is 3. The van der Waals surface area contributed by atoms with Gasteiger partial charge in [0.1, 0.15) is 11.4 Å². The predicted molar refractivity (Wildman–Crippen MR) is 101 cm³/mol. The molecule has 1 aliphatic heterocycles. The van der Waals surface area contributed by atoms with E-state index in [-0.39, 0.29) is 11.9 Å². The van der Waals surface area contributed by atoms with Gasteiger partial charge in [-0.25, -0.2) is 4.68 Å². The second kappa shape index (κ2) is 6.84. The highest BCUT2D eigenvalue weighted by Crippen LogP contribution is 2.27. The zero-order valence-electron chi connectivity index (χ0n) is 14.3. The summed E-state index contributed by atoms with van der Waals surface area (Å²) in [7, 11) is 0. The Kier molecular flexibility index (Phi) is 4.40. The first kappa shape index (κ1) is 16.1. The monoisotopic (exact) mass is 351 g/mol. The number of rotatable bonds is 3. The molecule has 1 atom stereocenters.